The normalized spacial score (nSPS) is 11.8. The average Bonchev–Trinajstić information content (AvgIpc) is 2.41. The van der Waals surface area contributed by atoms with Crippen molar-refractivity contribution in [1.82, 2.24) is 9.88 Å². The van der Waals surface area contributed by atoms with E-state index < -0.39 is 23.4 Å². The Hall–Kier alpha value is -1.76. The number of hydrogen-bond acceptors (Lipinski definition) is 6. The fourth-order valence-corrected chi connectivity index (χ4v) is 2.32. The van der Waals surface area contributed by atoms with E-state index in [1.165, 1.54) is 11.8 Å². The summed E-state index contributed by atoms with van der Waals surface area (Å²) in [6, 6.07) is 1.84. The van der Waals surface area contributed by atoms with Crippen LogP contribution in [-0.4, -0.2) is 39.5 Å². The first kappa shape index (κ1) is 20.3. The highest BCUT2D eigenvalue weighted by Crippen LogP contribution is 2.22. The van der Waals surface area contributed by atoms with Gasteiger partial charge in [0.15, 0.2) is 0 Å². The Morgan fingerprint density at radius 2 is 1.58 bits per heavy atom. The maximum Gasteiger partial charge on any atom is 0.420 e. The van der Waals surface area contributed by atoms with Crippen molar-refractivity contribution in [2.45, 2.75) is 64.2 Å². The smallest absolute Gasteiger partial charge is 0.420 e. The number of imide groups is 1. The van der Waals surface area contributed by atoms with Crippen molar-refractivity contribution in [3.8, 4) is 0 Å². The molecule has 0 saturated carbocycles. The highest BCUT2D eigenvalue weighted by molar-refractivity contribution is 7.98. The van der Waals surface area contributed by atoms with Gasteiger partial charge in [0, 0.05) is 22.9 Å². The summed E-state index contributed by atoms with van der Waals surface area (Å²) in [6.45, 7) is 10.5. The van der Waals surface area contributed by atoms with Crippen molar-refractivity contribution >= 4 is 23.9 Å². The predicted octanol–water partition coefficient (Wildman–Crippen LogP) is 4.48. The molecular formula is C17H26N2O4S. The highest BCUT2D eigenvalue weighted by Gasteiger charge is 2.31. The number of amides is 2. The van der Waals surface area contributed by atoms with Crippen LogP contribution in [0.1, 0.15) is 47.1 Å². The highest BCUT2D eigenvalue weighted by atomic mass is 32.2. The number of pyridine rings is 1. The minimum absolute atomic E-state index is 0.0356. The lowest BCUT2D eigenvalue weighted by molar-refractivity contribution is -0.000393. The number of ether oxygens (including phenoxy) is 2. The first-order valence-electron chi connectivity index (χ1n) is 7.63. The molecule has 134 valence electrons. The van der Waals surface area contributed by atoms with Gasteiger partial charge in [0.2, 0.25) is 0 Å². The second-order valence-electron chi connectivity index (χ2n) is 7.23. The van der Waals surface area contributed by atoms with Crippen LogP contribution < -0.4 is 0 Å². The molecule has 0 fully saturated rings. The molecule has 0 aromatic carbocycles. The predicted molar refractivity (Wildman–Crippen MR) is 94.0 cm³/mol. The molecule has 0 unspecified atom stereocenters. The van der Waals surface area contributed by atoms with E-state index in [0.29, 0.717) is 0 Å². The van der Waals surface area contributed by atoms with Crippen LogP contribution in [-0.2, 0) is 16.0 Å². The van der Waals surface area contributed by atoms with E-state index in [4.69, 9.17) is 9.47 Å². The maximum absolute atomic E-state index is 12.5. The molecule has 1 heterocycles. The van der Waals surface area contributed by atoms with Gasteiger partial charge < -0.3 is 9.47 Å². The van der Waals surface area contributed by atoms with Crippen LogP contribution in [0.5, 0.6) is 0 Å². The minimum Gasteiger partial charge on any atom is -0.443 e. The fourth-order valence-electron chi connectivity index (χ4n) is 1.74. The van der Waals surface area contributed by atoms with E-state index >= 15 is 0 Å². The maximum atomic E-state index is 12.5. The molecule has 1 aromatic rings. The topological polar surface area (TPSA) is 68.7 Å². The number of aromatic nitrogens is 1. The molecular weight excluding hydrogens is 328 g/mol. The SMILES string of the molecule is CSc1ccncc1CN(C(=O)OC(C)(C)C)C(=O)OC(C)(C)C. The summed E-state index contributed by atoms with van der Waals surface area (Å²) in [7, 11) is 0. The van der Waals surface area contributed by atoms with Crippen molar-refractivity contribution in [2.75, 3.05) is 6.26 Å². The van der Waals surface area contributed by atoms with Gasteiger partial charge in [-0.15, -0.1) is 11.8 Å². The Kier molecular flexibility index (Phi) is 6.66. The lowest BCUT2D eigenvalue weighted by Crippen LogP contribution is -2.43. The van der Waals surface area contributed by atoms with Gasteiger partial charge in [-0.2, -0.15) is 0 Å². The molecule has 0 radical (unpaired) electrons. The Morgan fingerprint density at radius 3 is 2.00 bits per heavy atom. The van der Waals surface area contributed by atoms with Crippen molar-refractivity contribution < 1.29 is 19.1 Å². The molecule has 7 heteroatoms. The van der Waals surface area contributed by atoms with E-state index in [0.717, 1.165) is 15.4 Å². The molecule has 6 nitrogen and oxygen atoms in total. The molecule has 0 saturated heterocycles. The molecule has 0 atom stereocenters. The molecule has 0 aliphatic rings. The molecule has 0 spiro atoms. The van der Waals surface area contributed by atoms with Gasteiger partial charge in [-0.05, 0) is 53.9 Å². The van der Waals surface area contributed by atoms with E-state index in [1.807, 2.05) is 12.3 Å². The monoisotopic (exact) mass is 354 g/mol. The van der Waals surface area contributed by atoms with E-state index in [-0.39, 0.29) is 6.54 Å². The number of rotatable bonds is 3. The van der Waals surface area contributed by atoms with Gasteiger partial charge in [0.05, 0.1) is 6.54 Å². The summed E-state index contributed by atoms with van der Waals surface area (Å²) in [4.78, 5) is 30.9. The lowest BCUT2D eigenvalue weighted by atomic mass is 10.2. The number of carbonyl (C=O) groups is 2. The fraction of sp³-hybridized carbons (Fsp3) is 0.588. The molecule has 0 aliphatic carbocycles. The van der Waals surface area contributed by atoms with E-state index in [1.54, 1.807) is 53.9 Å². The first-order chi connectivity index (χ1) is 10.9. The summed E-state index contributed by atoms with van der Waals surface area (Å²) in [5.74, 6) is 0. The van der Waals surface area contributed by atoms with Gasteiger partial charge in [-0.25, -0.2) is 14.5 Å². The third-order valence-corrected chi connectivity index (χ3v) is 3.47. The van der Waals surface area contributed by atoms with Crippen LogP contribution in [0.3, 0.4) is 0 Å². The van der Waals surface area contributed by atoms with Crippen LogP contribution in [0.25, 0.3) is 0 Å². The molecule has 1 aromatic heterocycles. The number of carbonyl (C=O) groups excluding carboxylic acids is 2. The van der Waals surface area contributed by atoms with E-state index in [9.17, 15) is 9.59 Å². The molecule has 0 aliphatic heterocycles. The third kappa shape index (κ3) is 6.78. The Balaban J connectivity index is 3.08. The van der Waals surface area contributed by atoms with Crippen molar-refractivity contribution in [3.05, 3.63) is 24.0 Å². The third-order valence-electron chi connectivity index (χ3n) is 2.63. The second kappa shape index (κ2) is 7.88. The van der Waals surface area contributed by atoms with Gasteiger partial charge in [-0.1, -0.05) is 0 Å². The zero-order valence-corrected chi connectivity index (χ0v) is 16.2. The van der Waals surface area contributed by atoms with Crippen LogP contribution in [0.4, 0.5) is 9.59 Å². The van der Waals surface area contributed by atoms with Crippen LogP contribution in [0.2, 0.25) is 0 Å². The number of hydrogen-bond donors (Lipinski definition) is 0. The Labute approximate surface area is 147 Å². The molecule has 1 rings (SSSR count). The van der Waals surface area contributed by atoms with Gasteiger partial charge in [-0.3, -0.25) is 4.98 Å². The van der Waals surface area contributed by atoms with Crippen molar-refractivity contribution in [2.24, 2.45) is 0 Å². The standard InChI is InChI=1S/C17H26N2O4S/c1-16(2,3)22-14(20)19(15(21)23-17(4,5)6)11-12-10-18-9-8-13(12)24-7/h8-10H,11H2,1-7H3. The molecule has 0 N–H and O–H groups in total. The lowest BCUT2D eigenvalue weighted by Gasteiger charge is -2.28. The summed E-state index contributed by atoms with van der Waals surface area (Å²) in [5, 5.41) is 0. The molecule has 2 amide bonds. The largest absolute Gasteiger partial charge is 0.443 e. The van der Waals surface area contributed by atoms with Crippen LogP contribution in [0.15, 0.2) is 23.4 Å². The van der Waals surface area contributed by atoms with Gasteiger partial charge in [0.1, 0.15) is 11.2 Å². The average molecular weight is 354 g/mol. The second-order valence-corrected chi connectivity index (χ2v) is 8.08. The summed E-state index contributed by atoms with van der Waals surface area (Å²) >= 11 is 1.52. The molecule has 0 bridgehead atoms. The van der Waals surface area contributed by atoms with Crippen LogP contribution >= 0.6 is 11.8 Å². The number of thioether (sulfide) groups is 1. The zero-order valence-electron chi connectivity index (χ0n) is 15.4. The van der Waals surface area contributed by atoms with Gasteiger partial charge >= 0.3 is 12.2 Å². The Morgan fingerprint density at radius 1 is 1.08 bits per heavy atom. The first-order valence-corrected chi connectivity index (χ1v) is 8.86. The summed E-state index contributed by atoms with van der Waals surface area (Å²) < 4.78 is 10.7. The van der Waals surface area contributed by atoms with Crippen LogP contribution in [0, 0.1) is 0 Å². The van der Waals surface area contributed by atoms with Crippen molar-refractivity contribution in [3.63, 3.8) is 0 Å². The molecule has 24 heavy (non-hydrogen) atoms. The summed E-state index contributed by atoms with van der Waals surface area (Å²) in [6.07, 6.45) is 3.73. The van der Waals surface area contributed by atoms with Gasteiger partial charge in [0.25, 0.3) is 0 Å². The van der Waals surface area contributed by atoms with Crippen molar-refractivity contribution in [1.29, 1.82) is 0 Å². The quantitative estimate of drug-likeness (QED) is 0.746. The Bertz CT molecular complexity index is 563. The number of nitrogens with zero attached hydrogens (tertiary/aromatic N) is 2. The zero-order chi connectivity index (χ0) is 18.5. The van der Waals surface area contributed by atoms with E-state index in [2.05, 4.69) is 4.98 Å². The minimum atomic E-state index is -0.743. The summed E-state index contributed by atoms with van der Waals surface area (Å²) in [5.41, 5.74) is -0.676.